The average molecular weight is 309 g/mol. The lowest BCUT2D eigenvalue weighted by atomic mass is 9.79. The number of hydrogen-bond donors (Lipinski definition) is 0. The molecule has 0 radical (unpaired) electrons. The summed E-state index contributed by atoms with van der Waals surface area (Å²) in [6.07, 6.45) is 0.417. The van der Waals surface area contributed by atoms with Gasteiger partial charge in [-0.1, -0.05) is 6.92 Å². The van der Waals surface area contributed by atoms with Gasteiger partial charge in [-0.2, -0.15) is 0 Å². The zero-order valence-corrected chi connectivity index (χ0v) is 13.6. The molecule has 0 bridgehead atoms. The summed E-state index contributed by atoms with van der Waals surface area (Å²) in [5.41, 5.74) is 0.0931. The van der Waals surface area contributed by atoms with Gasteiger partial charge in [-0.3, -0.25) is 4.98 Å². The maximum absolute atomic E-state index is 12.8. The van der Waals surface area contributed by atoms with Crippen molar-refractivity contribution in [1.29, 1.82) is 0 Å². The molecule has 1 aliphatic heterocycles. The van der Waals surface area contributed by atoms with E-state index in [1.165, 1.54) is 6.20 Å². The third-order valence-electron chi connectivity index (χ3n) is 5.45. The molecule has 6 heteroatoms. The van der Waals surface area contributed by atoms with Crippen molar-refractivity contribution in [2.75, 3.05) is 0 Å². The predicted octanol–water partition coefficient (Wildman–Crippen LogP) is 4.21. The minimum atomic E-state index is -2.49. The fraction of sp³-hybridized carbons (Fsp3) is 0.688. The molecule has 0 aromatic carbocycles. The van der Waals surface area contributed by atoms with Crippen molar-refractivity contribution in [3.8, 4) is 0 Å². The van der Waals surface area contributed by atoms with Crippen LogP contribution in [-0.4, -0.2) is 23.3 Å². The average Bonchev–Trinajstić information content (AvgIpc) is 3.02. The Morgan fingerprint density at radius 1 is 1.14 bits per heavy atom. The fourth-order valence-corrected chi connectivity index (χ4v) is 3.26. The van der Waals surface area contributed by atoms with Crippen LogP contribution in [0.4, 0.5) is 8.78 Å². The lowest BCUT2D eigenvalue weighted by Crippen LogP contribution is -2.41. The van der Waals surface area contributed by atoms with Crippen LogP contribution in [0.5, 0.6) is 0 Å². The van der Waals surface area contributed by atoms with Gasteiger partial charge in [0.25, 0.3) is 6.43 Å². The van der Waals surface area contributed by atoms with Gasteiger partial charge in [0.15, 0.2) is 0 Å². The molecule has 3 atom stereocenters. The smallest absolute Gasteiger partial charge is 0.403 e. The molecule has 0 amide bonds. The van der Waals surface area contributed by atoms with Crippen molar-refractivity contribution < 1.29 is 18.1 Å². The lowest BCUT2D eigenvalue weighted by Gasteiger charge is -2.32. The molecular formula is C16H22BF2NO2. The number of pyridine rings is 1. The van der Waals surface area contributed by atoms with Crippen LogP contribution >= 0.6 is 0 Å². The van der Waals surface area contributed by atoms with Gasteiger partial charge in [0, 0.05) is 23.8 Å². The molecule has 1 saturated carbocycles. The van der Waals surface area contributed by atoms with Crippen molar-refractivity contribution in [1.82, 2.24) is 4.98 Å². The second-order valence-corrected chi connectivity index (χ2v) is 7.44. The van der Waals surface area contributed by atoms with E-state index in [0.29, 0.717) is 5.92 Å². The third kappa shape index (κ3) is 2.46. The first-order valence-electron chi connectivity index (χ1n) is 7.73. The highest BCUT2D eigenvalue weighted by Gasteiger charge is 2.63. The fourth-order valence-electron chi connectivity index (χ4n) is 3.26. The summed E-state index contributed by atoms with van der Waals surface area (Å²) in [6, 6.07) is 1.56. The summed E-state index contributed by atoms with van der Waals surface area (Å²) >= 11 is 0. The highest BCUT2D eigenvalue weighted by atomic mass is 19.3. The van der Waals surface area contributed by atoms with Gasteiger partial charge < -0.3 is 9.31 Å². The Morgan fingerprint density at radius 3 is 2.27 bits per heavy atom. The Labute approximate surface area is 130 Å². The lowest BCUT2D eigenvalue weighted by molar-refractivity contribution is 0.00578. The topological polar surface area (TPSA) is 31.4 Å². The maximum atomic E-state index is 12.8. The van der Waals surface area contributed by atoms with Crippen molar-refractivity contribution in [2.24, 2.45) is 5.92 Å². The summed E-state index contributed by atoms with van der Waals surface area (Å²) in [6.45, 7) is 10.2. The van der Waals surface area contributed by atoms with Gasteiger partial charge in [-0.15, -0.1) is 0 Å². The largest absolute Gasteiger partial charge is 0.462 e. The maximum Gasteiger partial charge on any atom is 0.462 e. The Morgan fingerprint density at radius 2 is 1.73 bits per heavy atom. The van der Waals surface area contributed by atoms with E-state index in [1.807, 2.05) is 27.7 Å². The van der Waals surface area contributed by atoms with Gasteiger partial charge >= 0.3 is 7.12 Å². The summed E-state index contributed by atoms with van der Waals surface area (Å²) in [5, 5.41) is 0. The zero-order valence-electron chi connectivity index (χ0n) is 13.6. The van der Waals surface area contributed by atoms with E-state index < -0.39 is 6.43 Å². The van der Waals surface area contributed by atoms with Gasteiger partial charge in [0.1, 0.15) is 0 Å². The zero-order chi connectivity index (χ0) is 16.3. The minimum Gasteiger partial charge on any atom is -0.403 e. The highest BCUT2D eigenvalue weighted by Crippen LogP contribution is 2.63. The van der Waals surface area contributed by atoms with Crippen LogP contribution in [0.25, 0.3) is 0 Å². The SMILES string of the molecule is CC1C(B2OC(C)(C)C(C)(C)O2)C1c1cncc(C(F)F)c1. The molecule has 2 heterocycles. The van der Waals surface area contributed by atoms with Gasteiger partial charge in [-0.05, 0) is 51.2 Å². The molecule has 2 aliphatic rings. The standard InChI is InChI=1S/C16H22BF2NO2/c1-9-12(10-6-11(14(18)19)8-20-7-10)13(9)17-21-15(2,3)16(4,5)22-17/h6-9,12-14H,1-5H3. The molecule has 0 N–H and O–H groups in total. The van der Waals surface area contributed by atoms with Crippen LogP contribution < -0.4 is 0 Å². The second-order valence-electron chi connectivity index (χ2n) is 7.44. The van der Waals surface area contributed by atoms with E-state index in [1.54, 1.807) is 12.3 Å². The number of alkyl halides is 2. The summed E-state index contributed by atoms with van der Waals surface area (Å²) in [4.78, 5) is 3.96. The van der Waals surface area contributed by atoms with Crippen LogP contribution in [0.3, 0.4) is 0 Å². The number of rotatable bonds is 3. The van der Waals surface area contributed by atoms with E-state index in [0.717, 1.165) is 5.56 Å². The van der Waals surface area contributed by atoms with Crippen LogP contribution in [0.1, 0.15) is 58.1 Å². The molecule has 120 valence electrons. The first-order chi connectivity index (χ1) is 10.1. The van der Waals surface area contributed by atoms with E-state index >= 15 is 0 Å². The molecule has 3 rings (SSSR count). The van der Waals surface area contributed by atoms with Crippen molar-refractivity contribution >= 4 is 7.12 Å². The predicted molar refractivity (Wildman–Crippen MR) is 80.9 cm³/mol. The molecule has 1 saturated heterocycles. The molecule has 3 unspecified atom stereocenters. The van der Waals surface area contributed by atoms with Crippen LogP contribution in [0.15, 0.2) is 18.5 Å². The first kappa shape index (κ1) is 15.9. The molecule has 1 aromatic heterocycles. The van der Waals surface area contributed by atoms with Gasteiger partial charge in [-0.25, -0.2) is 8.78 Å². The molecule has 0 spiro atoms. The molecule has 3 nitrogen and oxygen atoms in total. The molecule has 2 fully saturated rings. The Hall–Kier alpha value is -1.01. The third-order valence-corrected chi connectivity index (χ3v) is 5.45. The highest BCUT2D eigenvalue weighted by molar-refractivity contribution is 6.49. The molecular weight excluding hydrogens is 287 g/mol. The van der Waals surface area contributed by atoms with Crippen LogP contribution in [0.2, 0.25) is 5.82 Å². The number of hydrogen-bond acceptors (Lipinski definition) is 3. The minimum absolute atomic E-state index is 0.0238. The van der Waals surface area contributed by atoms with E-state index in [4.69, 9.17) is 9.31 Å². The Bertz CT molecular complexity index is 563. The molecule has 1 aliphatic carbocycles. The second kappa shape index (κ2) is 5.00. The Balaban J connectivity index is 1.78. The van der Waals surface area contributed by atoms with Crippen molar-refractivity contribution in [3.05, 3.63) is 29.6 Å². The normalized spacial score (nSPS) is 32.5. The van der Waals surface area contributed by atoms with E-state index in [9.17, 15) is 8.78 Å². The molecule has 22 heavy (non-hydrogen) atoms. The van der Waals surface area contributed by atoms with Gasteiger partial charge in [0.2, 0.25) is 0 Å². The Kier molecular flexibility index (Phi) is 3.61. The van der Waals surface area contributed by atoms with Gasteiger partial charge in [0.05, 0.1) is 11.2 Å². The van der Waals surface area contributed by atoms with E-state index in [-0.39, 0.29) is 35.6 Å². The quantitative estimate of drug-likeness (QED) is 0.784. The summed E-state index contributed by atoms with van der Waals surface area (Å²) < 4.78 is 37.9. The summed E-state index contributed by atoms with van der Waals surface area (Å²) in [5.74, 6) is 0.695. The number of nitrogens with zero attached hydrogens (tertiary/aromatic N) is 1. The van der Waals surface area contributed by atoms with E-state index in [2.05, 4.69) is 11.9 Å². The van der Waals surface area contributed by atoms with Crippen molar-refractivity contribution in [2.45, 2.75) is 64.0 Å². The monoisotopic (exact) mass is 309 g/mol. The summed E-state index contributed by atoms with van der Waals surface area (Å²) in [7, 11) is -0.291. The van der Waals surface area contributed by atoms with Crippen LogP contribution in [0, 0.1) is 5.92 Å². The number of halogens is 2. The van der Waals surface area contributed by atoms with Crippen LogP contribution in [-0.2, 0) is 9.31 Å². The van der Waals surface area contributed by atoms with Crippen molar-refractivity contribution in [3.63, 3.8) is 0 Å². The molecule has 1 aromatic rings. The first-order valence-corrected chi connectivity index (χ1v) is 7.73. The number of aromatic nitrogens is 1.